The van der Waals surface area contributed by atoms with Crippen molar-refractivity contribution < 1.29 is 14.6 Å². The number of aromatic carboxylic acids is 1. The number of benzene rings is 2. The van der Waals surface area contributed by atoms with Gasteiger partial charge in [-0.1, -0.05) is 43.3 Å². The molecule has 122 valence electrons. The summed E-state index contributed by atoms with van der Waals surface area (Å²) in [7, 11) is 0. The number of nitrogens with zero attached hydrogens (tertiary/aromatic N) is 1. The number of thiazole rings is 1. The maximum absolute atomic E-state index is 11.0. The fraction of sp³-hybridized carbons (Fsp3) is 0.158. The quantitative estimate of drug-likeness (QED) is 0.710. The number of carbonyl (C=O) groups is 1. The number of aromatic nitrogens is 1. The molecule has 0 atom stereocenters. The van der Waals surface area contributed by atoms with E-state index in [9.17, 15) is 4.79 Å². The van der Waals surface area contributed by atoms with Crippen molar-refractivity contribution in [1.82, 2.24) is 4.98 Å². The topological polar surface area (TPSA) is 59.4 Å². The maximum Gasteiger partial charge on any atom is 0.355 e. The molecule has 0 radical (unpaired) electrons. The van der Waals surface area contributed by atoms with E-state index in [1.54, 1.807) is 5.38 Å². The zero-order valence-corrected chi connectivity index (χ0v) is 14.0. The van der Waals surface area contributed by atoms with Crippen molar-refractivity contribution in [3.63, 3.8) is 0 Å². The average Bonchev–Trinajstić information content (AvgIpc) is 3.11. The Labute approximate surface area is 144 Å². The summed E-state index contributed by atoms with van der Waals surface area (Å²) in [4.78, 5) is 15.1. The van der Waals surface area contributed by atoms with Crippen LogP contribution in [0.2, 0.25) is 0 Å². The lowest BCUT2D eigenvalue weighted by Crippen LogP contribution is -1.98. The largest absolute Gasteiger partial charge is 0.489 e. The zero-order valence-electron chi connectivity index (χ0n) is 13.2. The molecule has 24 heavy (non-hydrogen) atoms. The lowest BCUT2D eigenvalue weighted by Gasteiger charge is -2.10. The van der Waals surface area contributed by atoms with Gasteiger partial charge in [-0.05, 0) is 29.7 Å². The van der Waals surface area contributed by atoms with Gasteiger partial charge in [0.2, 0.25) is 0 Å². The molecule has 0 aliphatic carbocycles. The number of aryl methyl sites for hydroxylation is 1. The predicted octanol–water partition coefficient (Wildman–Crippen LogP) is 4.65. The minimum Gasteiger partial charge on any atom is -0.489 e. The fourth-order valence-electron chi connectivity index (χ4n) is 2.40. The summed E-state index contributed by atoms with van der Waals surface area (Å²) in [5.74, 6) is -0.110. The minimum atomic E-state index is -1.01. The van der Waals surface area contributed by atoms with E-state index >= 15 is 0 Å². The molecule has 0 saturated heterocycles. The van der Waals surface area contributed by atoms with Crippen molar-refractivity contribution in [2.45, 2.75) is 20.0 Å². The summed E-state index contributed by atoms with van der Waals surface area (Å²) in [5.41, 5.74) is 3.18. The minimum absolute atomic E-state index is 0.0773. The van der Waals surface area contributed by atoms with Crippen molar-refractivity contribution in [3.8, 4) is 16.3 Å². The van der Waals surface area contributed by atoms with Crippen molar-refractivity contribution >= 4 is 17.3 Å². The molecule has 0 aliphatic rings. The highest BCUT2D eigenvalue weighted by atomic mass is 32.1. The fourth-order valence-corrected chi connectivity index (χ4v) is 3.19. The van der Waals surface area contributed by atoms with Crippen LogP contribution in [0, 0.1) is 0 Å². The number of carboxylic acids is 1. The molecule has 3 aromatic rings. The third-order valence-corrected chi connectivity index (χ3v) is 4.54. The Bertz CT molecular complexity index is 857. The number of para-hydroxylation sites is 1. The van der Waals surface area contributed by atoms with E-state index in [0.29, 0.717) is 11.6 Å². The van der Waals surface area contributed by atoms with E-state index < -0.39 is 5.97 Å². The molecule has 1 N–H and O–H groups in total. The standard InChI is InChI=1S/C19H17NO3S/c1-2-14-7-3-4-9-17(14)23-11-13-6-5-8-15(10-13)18-20-16(12-24-18)19(21)22/h3-10,12H,2,11H2,1H3,(H,21,22). The third kappa shape index (κ3) is 3.63. The highest BCUT2D eigenvalue weighted by Crippen LogP contribution is 2.25. The Balaban J connectivity index is 1.76. The number of rotatable bonds is 6. The van der Waals surface area contributed by atoms with Gasteiger partial charge in [0.15, 0.2) is 5.69 Å². The Kier molecular flexibility index (Phi) is 4.91. The molecular formula is C19H17NO3S. The van der Waals surface area contributed by atoms with Crippen molar-refractivity contribution in [2.24, 2.45) is 0 Å². The van der Waals surface area contributed by atoms with Gasteiger partial charge in [-0.15, -0.1) is 11.3 Å². The summed E-state index contributed by atoms with van der Waals surface area (Å²) < 4.78 is 5.94. The van der Waals surface area contributed by atoms with Crippen molar-refractivity contribution in [1.29, 1.82) is 0 Å². The molecule has 3 rings (SSSR count). The first-order valence-electron chi connectivity index (χ1n) is 7.66. The smallest absolute Gasteiger partial charge is 0.355 e. The lowest BCUT2D eigenvalue weighted by atomic mass is 10.1. The van der Waals surface area contributed by atoms with Crippen LogP contribution in [0.25, 0.3) is 10.6 Å². The normalized spacial score (nSPS) is 10.5. The van der Waals surface area contributed by atoms with Crippen LogP contribution in [0.4, 0.5) is 0 Å². The van der Waals surface area contributed by atoms with Crippen LogP contribution < -0.4 is 4.74 Å². The van der Waals surface area contributed by atoms with Crippen molar-refractivity contribution in [2.75, 3.05) is 0 Å². The summed E-state index contributed by atoms with van der Waals surface area (Å²) in [5, 5.41) is 11.2. The van der Waals surface area contributed by atoms with Crippen LogP contribution in [0.1, 0.15) is 28.5 Å². The van der Waals surface area contributed by atoms with Crippen LogP contribution in [0.5, 0.6) is 5.75 Å². The summed E-state index contributed by atoms with van der Waals surface area (Å²) >= 11 is 1.33. The van der Waals surface area contributed by atoms with Gasteiger partial charge in [-0.3, -0.25) is 0 Å². The lowest BCUT2D eigenvalue weighted by molar-refractivity contribution is 0.0691. The van der Waals surface area contributed by atoms with Gasteiger partial charge in [0.25, 0.3) is 0 Å². The number of ether oxygens (including phenoxy) is 1. The van der Waals surface area contributed by atoms with Crippen LogP contribution in [0.3, 0.4) is 0 Å². The molecule has 0 saturated carbocycles. The van der Waals surface area contributed by atoms with Gasteiger partial charge in [0.05, 0.1) is 0 Å². The second-order valence-electron chi connectivity index (χ2n) is 5.29. The maximum atomic E-state index is 11.0. The number of carboxylic acid groups (broad SMARTS) is 1. The van der Waals surface area contributed by atoms with Crippen LogP contribution in [-0.2, 0) is 13.0 Å². The Hall–Kier alpha value is -2.66. The second-order valence-corrected chi connectivity index (χ2v) is 6.15. The van der Waals surface area contributed by atoms with Gasteiger partial charge >= 0.3 is 5.97 Å². The van der Waals surface area contributed by atoms with E-state index in [2.05, 4.69) is 18.0 Å². The first-order chi connectivity index (χ1) is 11.7. The summed E-state index contributed by atoms with van der Waals surface area (Å²) in [6.07, 6.45) is 0.924. The summed E-state index contributed by atoms with van der Waals surface area (Å²) in [6, 6.07) is 15.8. The highest BCUT2D eigenvalue weighted by Gasteiger charge is 2.10. The van der Waals surface area contributed by atoms with Gasteiger partial charge in [-0.2, -0.15) is 0 Å². The van der Waals surface area contributed by atoms with Gasteiger partial charge in [-0.25, -0.2) is 9.78 Å². The number of hydrogen-bond acceptors (Lipinski definition) is 4. The molecule has 2 aromatic carbocycles. The van der Waals surface area contributed by atoms with E-state index in [-0.39, 0.29) is 5.69 Å². The molecule has 0 amide bonds. The monoisotopic (exact) mass is 339 g/mol. The van der Waals surface area contributed by atoms with Crippen LogP contribution >= 0.6 is 11.3 Å². The Morgan fingerprint density at radius 1 is 1.21 bits per heavy atom. The number of hydrogen-bond donors (Lipinski definition) is 1. The predicted molar refractivity (Wildman–Crippen MR) is 94.7 cm³/mol. The first-order valence-corrected chi connectivity index (χ1v) is 8.54. The highest BCUT2D eigenvalue weighted by molar-refractivity contribution is 7.13. The van der Waals surface area contributed by atoms with Crippen LogP contribution in [0.15, 0.2) is 53.9 Å². The molecule has 0 fully saturated rings. The third-order valence-electron chi connectivity index (χ3n) is 3.65. The molecule has 1 heterocycles. The van der Waals surface area contributed by atoms with Gasteiger partial charge < -0.3 is 9.84 Å². The van der Waals surface area contributed by atoms with Gasteiger partial charge in [0.1, 0.15) is 17.4 Å². The average molecular weight is 339 g/mol. The molecule has 5 heteroatoms. The van der Waals surface area contributed by atoms with E-state index in [4.69, 9.17) is 9.84 Å². The first kappa shape index (κ1) is 16.2. The second kappa shape index (κ2) is 7.27. The molecule has 1 aromatic heterocycles. The molecule has 0 spiro atoms. The molecule has 0 aliphatic heterocycles. The van der Waals surface area contributed by atoms with E-state index in [1.807, 2.05) is 42.5 Å². The van der Waals surface area contributed by atoms with Crippen LogP contribution in [-0.4, -0.2) is 16.1 Å². The molecule has 4 nitrogen and oxygen atoms in total. The molecule has 0 bridgehead atoms. The Morgan fingerprint density at radius 3 is 2.79 bits per heavy atom. The van der Waals surface area contributed by atoms with E-state index in [1.165, 1.54) is 16.9 Å². The summed E-state index contributed by atoms with van der Waals surface area (Å²) in [6.45, 7) is 2.56. The van der Waals surface area contributed by atoms with Crippen molar-refractivity contribution in [3.05, 3.63) is 70.7 Å². The SMILES string of the molecule is CCc1ccccc1OCc1cccc(-c2nc(C(=O)O)cs2)c1. The molecule has 0 unspecified atom stereocenters. The zero-order chi connectivity index (χ0) is 16.9. The molecular weight excluding hydrogens is 322 g/mol. The van der Waals surface area contributed by atoms with Gasteiger partial charge in [0, 0.05) is 10.9 Å². The van der Waals surface area contributed by atoms with E-state index in [0.717, 1.165) is 23.3 Å². The Morgan fingerprint density at radius 2 is 2.04 bits per heavy atom.